The predicted molar refractivity (Wildman–Crippen MR) is 83.0 cm³/mol. The van der Waals surface area contributed by atoms with Crippen molar-refractivity contribution in [3.8, 4) is 0 Å². The quantitative estimate of drug-likeness (QED) is 0.749. The zero-order valence-corrected chi connectivity index (χ0v) is 12.1. The molecular formula is C18H22N2. The molecule has 2 N–H and O–H groups in total. The maximum atomic E-state index is 3.93. The van der Waals surface area contributed by atoms with Crippen LogP contribution in [-0.2, 0) is 0 Å². The maximum absolute atomic E-state index is 3.93. The van der Waals surface area contributed by atoms with E-state index in [4.69, 9.17) is 0 Å². The van der Waals surface area contributed by atoms with E-state index in [1.165, 1.54) is 36.2 Å². The topological polar surface area (TPSA) is 24.1 Å². The molecule has 20 heavy (non-hydrogen) atoms. The monoisotopic (exact) mass is 266 g/mol. The van der Waals surface area contributed by atoms with E-state index < -0.39 is 0 Å². The Morgan fingerprint density at radius 1 is 1.45 bits per heavy atom. The highest BCUT2D eigenvalue weighted by Gasteiger charge is 2.38. The van der Waals surface area contributed by atoms with Crippen LogP contribution in [0.5, 0.6) is 0 Å². The Morgan fingerprint density at radius 2 is 2.35 bits per heavy atom. The Labute approximate surface area is 121 Å². The van der Waals surface area contributed by atoms with E-state index >= 15 is 0 Å². The van der Waals surface area contributed by atoms with Crippen LogP contribution in [0.15, 0.2) is 58.5 Å². The summed E-state index contributed by atoms with van der Waals surface area (Å²) < 4.78 is 0. The lowest BCUT2D eigenvalue weighted by molar-refractivity contribution is 0.540. The molecule has 0 spiro atoms. The molecule has 0 radical (unpaired) electrons. The molecule has 0 aromatic carbocycles. The van der Waals surface area contributed by atoms with Crippen LogP contribution >= 0.6 is 0 Å². The Hall–Kier alpha value is -1.70. The summed E-state index contributed by atoms with van der Waals surface area (Å²) in [5.41, 5.74) is 9.11. The van der Waals surface area contributed by atoms with Gasteiger partial charge >= 0.3 is 0 Å². The van der Waals surface area contributed by atoms with E-state index in [2.05, 4.69) is 36.3 Å². The van der Waals surface area contributed by atoms with Crippen LogP contribution in [0.2, 0.25) is 0 Å². The molecule has 4 rings (SSSR count). The highest BCUT2D eigenvalue weighted by molar-refractivity contribution is 5.60. The van der Waals surface area contributed by atoms with Crippen molar-refractivity contribution in [3.05, 3.63) is 58.5 Å². The molecule has 104 valence electrons. The summed E-state index contributed by atoms with van der Waals surface area (Å²) in [4.78, 5) is 0. The van der Waals surface area contributed by atoms with Gasteiger partial charge < -0.3 is 10.6 Å². The van der Waals surface area contributed by atoms with Gasteiger partial charge in [-0.25, -0.2) is 0 Å². The summed E-state index contributed by atoms with van der Waals surface area (Å²) in [7, 11) is 0. The number of fused-ring (bicyclic) bond motifs is 1. The summed E-state index contributed by atoms with van der Waals surface area (Å²) >= 11 is 0. The molecule has 0 aromatic rings. The van der Waals surface area contributed by atoms with Crippen molar-refractivity contribution in [2.24, 2.45) is 5.92 Å². The van der Waals surface area contributed by atoms with Crippen LogP contribution < -0.4 is 10.6 Å². The van der Waals surface area contributed by atoms with E-state index in [0.29, 0.717) is 12.0 Å². The van der Waals surface area contributed by atoms with Gasteiger partial charge in [0.25, 0.3) is 0 Å². The van der Waals surface area contributed by atoms with Crippen molar-refractivity contribution >= 4 is 0 Å². The van der Waals surface area contributed by atoms with Crippen LogP contribution in [0, 0.1) is 5.92 Å². The minimum atomic E-state index is 0.455. The Bertz CT molecular complexity index is 601. The average molecular weight is 266 g/mol. The van der Waals surface area contributed by atoms with Crippen molar-refractivity contribution in [1.82, 2.24) is 10.6 Å². The average Bonchev–Trinajstić information content (AvgIpc) is 2.85. The first-order valence-electron chi connectivity index (χ1n) is 7.74. The van der Waals surface area contributed by atoms with Gasteiger partial charge in [-0.1, -0.05) is 12.2 Å². The molecule has 2 aliphatic heterocycles. The van der Waals surface area contributed by atoms with E-state index in [-0.39, 0.29) is 0 Å². The molecule has 0 amide bonds. The molecular weight excluding hydrogens is 244 g/mol. The SMILES string of the molecule is C=CCC1NC(C)=CC2=C1CC1CNC3=CCCC2=C31. The Balaban J connectivity index is 1.85. The van der Waals surface area contributed by atoms with Crippen LogP contribution in [0.1, 0.15) is 32.6 Å². The minimum absolute atomic E-state index is 0.455. The van der Waals surface area contributed by atoms with E-state index in [0.717, 1.165) is 13.0 Å². The second kappa shape index (κ2) is 4.41. The minimum Gasteiger partial charge on any atom is -0.384 e. The van der Waals surface area contributed by atoms with Gasteiger partial charge in [0.15, 0.2) is 0 Å². The van der Waals surface area contributed by atoms with Gasteiger partial charge in [-0.2, -0.15) is 0 Å². The second-order valence-electron chi connectivity index (χ2n) is 6.32. The third-order valence-corrected chi connectivity index (χ3v) is 5.03. The van der Waals surface area contributed by atoms with E-state index in [1.54, 1.807) is 16.7 Å². The lowest BCUT2D eigenvalue weighted by Crippen LogP contribution is -2.36. The fourth-order valence-electron chi connectivity index (χ4n) is 4.26. The summed E-state index contributed by atoms with van der Waals surface area (Å²) in [5.74, 6) is 0.691. The summed E-state index contributed by atoms with van der Waals surface area (Å²) in [6, 6.07) is 0.455. The van der Waals surface area contributed by atoms with Gasteiger partial charge in [-0.3, -0.25) is 0 Å². The molecule has 4 aliphatic rings. The maximum Gasteiger partial charge on any atom is 0.0514 e. The van der Waals surface area contributed by atoms with E-state index in [1.807, 2.05) is 6.08 Å². The molecule has 2 aliphatic carbocycles. The Kier molecular flexibility index (Phi) is 2.66. The zero-order chi connectivity index (χ0) is 13.7. The van der Waals surface area contributed by atoms with Crippen molar-refractivity contribution in [2.45, 2.75) is 38.6 Å². The molecule has 2 heterocycles. The zero-order valence-electron chi connectivity index (χ0n) is 12.1. The smallest absolute Gasteiger partial charge is 0.0514 e. The fourth-order valence-corrected chi connectivity index (χ4v) is 4.26. The lowest BCUT2D eigenvalue weighted by Gasteiger charge is -2.36. The summed E-state index contributed by atoms with van der Waals surface area (Å²) in [5, 5.41) is 7.26. The number of hydrogen-bond donors (Lipinski definition) is 2. The second-order valence-corrected chi connectivity index (χ2v) is 6.32. The van der Waals surface area contributed by atoms with E-state index in [9.17, 15) is 0 Å². The molecule has 0 saturated carbocycles. The van der Waals surface area contributed by atoms with Gasteiger partial charge in [-0.15, -0.1) is 6.58 Å². The molecule has 2 atom stereocenters. The van der Waals surface area contributed by atoms with Gasteiger partial charge in [0.2, 0.25) is 0 Å². The van der Waals surface area contributed by atoms with Crippen molar-refractivity contribution < 1.29 is 0 Å². The molecule has 0 bridgehead atoms. The summed E-state index contributed by atoms with van der Waals surface area (Å²) in [6.45, 7) is 7.23. The third-order valence-electron chi connectivity index (χ3n) is 5.03. The molecule has 1 fully saturated rings. The first-order chi connectivity index (χ1) is 9.78. The largest absolute Gasteiger partial charge is 0.384 e. The fraction of sp³-hybridized carbons (Fsp3) is 0.444. The normalized spacial score (nSPS) is 30.9. The first kappa shape index (κ1) is 12.1. The summed E-state index contributed by atoms with van der Waals surface area (Å²) in [6.07, 6.45) is 11.4. The Morgan fingerprint density at radius 3 is 3.20 bits per heavy atom. The molecule has 2 unspecified atom stereocenters. The number of rotatable bonds is 2. The lowest BCUT2D eigenvalue weighted by atomic mass is 9.72. The van der Waals surface area contributed by atoms with Crippen LogP contribution in [-0.4, -0.2) is 12.6 Å². The van der Waals surface area contributed by atoms with Gasteiger partial charge in [0.05, 0.1) is 6.04 Å². The third kappa shape index (κ3) is 1.64. The van der Waals surface area contributed by atoms with Gasteiger partial charge in [0, 0.05) is 23.9 Å². The van der Waals surface area contributed by atoms with Crippen LogP contribution in [0.4, 0.5) is 0 Å². The number of dihydropyridines is 1. The van der Waals surface area contributed by atoms with Crippen LogP contribution in [0.3, 0.4) is 0 Å². The molecule has 2 heteroatoms. The molecule has 1 saturated heterocycles. The van der Waals surface area contributed by atoms with Crippen LogP contribution in [0.25, 0.3) is 0 Å². The highest BCUT2D eigenvalue weighted by atomic mass is 15.0. The number of nitrogens with one attached hydrogen (secondary N) is 2. The first-order valence-corrected chi connectivity index (χ1v) is 7.74. The van der Waals surface area contributed by atoms with Gasteiger partial charge in [-0.05, 0) is 61.0 Å². The standard InChI is InChI=1S/C18H22N2/c1-3-5-16-15-9-12-10-19-17-7-4-6-13(18(12)17)14(15)8-11(2)20-16/h3,7-8,12,16,19-20H,1,4-6,9-10H2,2H3. The number of allylic oxidation sites excluding steroid dienone is 6. The predicted octanol–water partition coefficient (Wildman–Crippen LogP) is 3.33. The van der Waals surface area contributed by atoms with Gasteiger partial charge in [0.1, 0.15) is 0 Å². The highest BCUT2D eigenvalue weighted by Crippen LogP contribution is 2.47. The van der Waals surface area contributed by atoms with Crippen molar-refractivity contribution in [2.75, 3.05) is 6.54 Å². The molecule has 0 aromatic heterocycles. The molecule has 2 nitrogen and oxygen atoms in total. The van der Waals surface area contributed by atoms with Crippen molar-refractivity contribution in [3.63, 3.8) is 0 Å². The number of hydrogen-bond acceptors (Lipinski definition) is 2. The van der Waals surface area contributed by atoms with Crippen molar-refractivity contribution in [1.29, 1.82) is 0 Å².